The molecule has 0 bridgehead atoms. The summed E-state index contributed by atoms with van der Waals surface area (Å²) in [4.78, 5) is 0. The molecule has 0 fully saturated rings. The van der Waals surface area contributed by atoms with Crippen LogP contribution in [0.3, 0.4) is 0 Å². The van der Waals surface area contributed by atoms with Gasteiger partial charge in [-0.2, -0.15) is 11.3 Å². The highest BCUT2D eigenvalue weighted by atomic mass is 32.1. The van der Waals surface area contributed by atoms with Crippen LogP contribution in [0, 0.1) is 0 Å². The van der Waals surface area contributed by atoms with Gasteiger partial charge in [0.15, 0.2) is 0 Å². The highest BCUT2D eigenvalue weighted by molar-refractivity contribution is 7.08. The van der Waals surface area contributed by atoms with Crippen LogP contribution in [-0.4, -0.2) is 7.05 Å². The number of benzene rings is 1. The third-order valence-electron chi connectivity index (χ3n) is 2.22. The second-order valence-corrected chi connectivity index (χ2v) is 3.98. The van der Waals surface area contributed by atoms with Crippen LogP contribution < -0.4 is 5.32 Å². The van der Waals surface area contributed by atoms with E-state index in [4.69, 9.17) is 0 Å². The Labute approximate surface area is 88.4 Å². The van der Waals surface area contributed by atoms with E-state index in [1.165, 1.54) is 16.7 Å². The monoisotopic (exact) mass is 203 g/mol. The van der Waals surface area contributed by atoms with Crippen molar-refractivity contribution >= 4 is 11.3 Å². The molecule has 0 unspecified atom stereocenters. The van der Waals surface area contributed by atoms with E-state index in [1.54, 1.807) is 11.3 Å². The molecule has 0 spiro atoms. The molecular weight excluding hydrogens is 190 g/mol. The molecule has 1 aromatic carbocycles. The van der Waals surface area contributed by atoms with Gasteiger partial charge in [0.1, 0.15) is 0 Å². The standard InChI is InChI=1S/C12H13NS/c1-13-8-10-4-2-3-5-12(10)11-6-7-14-9-11/h2-7,9,13H,8H2,1H3. The number of thiophene rings is 1. The maximum atomic E-state index is 3.19. The van der Waals surface area contributed by atoms with E-state index >= 15 is 0 Å². The molecule has 1 heterocycles. The van der Waals surface area contributed by atoms with Gasteiger partial charge in [-0.25, -0.2) is 0 Å². The molecule has 0 aliphatic rings. The van der Waals surface area contributed by atoms with Crippen LogP contribution in [0.2, 0.25) is 0 Å². The first-order chi connectivity index (χ1) is 6.92. The zero-order valence-corrected chi connectivity index (χ0v) is 8.97. The minimum absolute atomic E-state index is 0.923. The maximum Gasteiger partial charge on any atom is 0.0208 e. The number of nitrogens with one attached hydrogen (secondary N) is 1. The SMILES string of the molecule is CNCc1ccccc1-c1ccsc1. The van der Waals surface area contributed by atoms with Gasteiger partial charge in [-0.15, -0.1) is 0 Å². The quantitative estimate of drug-likeness (QED) is 0.808. The van der Waals surface area contributed by atoms with Crippen molar-refractivity contribution < 1.29 is 0 Å². The lowest BCUT2D eigenvalue weighted by Crippen LogP contribution is -2.05. The molecule has 0 amide bonds. The summed E-state index contributed by atoms with van der Waals surface area (Å²) >= 11 is 1.74. The van der Waals surface area contributed by atoms with Crippen molar-refractivity contribution in [3.8, 4) is 11.1 Å². The third kappa shape index (κ3) is 1.86. The highest BCUT2D eigenvalue weighted by Gasteiger charge is 2.02. The van der Waals surface area contributed by atoms with Crippen molar-refractivity contribution in [3.63, 3.8) is 0 Å². The fraction of sp³-hybridized carbons (Fsp3) is 0.167. The molecule has 72 valence electrons. The molecule has 2 aromatic rings. The lowest BCUT2D eigenvalue weighted by Gasteiger charge is -2.06. The van der Waals surface area contributed by atoms with Crippen LogP contribution in [0.25, 0.3) is 11.1 Å². The highest BCUT2D eigenvalue weighted by Crippen LogP contribution is 2.25. The zero-order chi connectivity index (χ0) is 9.80. The fourth-order valence-electron chi connectivity index (χ4n) is 1.56. The van der Waals surface area contributed by atoms with Gasteiger partial charge >= 0.3 is 0 Å². The summed E-state index contributed by atoms with van der Waals surface area (Å²) in [6.45, 7) is 0.923. The molecule has 14 heavy (non-hydrogen) atoms. The lowest BCUT2D eigenvalue weighted by molar-refractivity contribution is 0.819. The Morgan fingerprint density at radius 3 is 2.79 bits per heavy atom. The summed E-state index contributed by atoms with van der Waals surface area (Å²) in [5.41, 5.74) is 4.01. The predicted octanol–water partition coefficient (Wildman–Crippen LogP) is 3.13. The second kappa shape index (κ2) is 4.40. The van der Waals surface area contributed by atoms with Crippen LogP contribution in [-0.2, 0) is 6.54 Å². The first-order valence-electron chi connectivity index (χ1n) is 4.67. The van der Waals surface area contributed by atoms with Crippen LogP contribution in [0.4, 0.5) is 0 Å². The Balaban J connectivity index is 2.42. The van der Waals surface area contributed by atoms with E-state index in [0.29, 0.717) is 0 Å². The fourth-order valence-corrected chi connectivity index (χ4v) is 2.22. The Kier molecular flexibility index (Phi) is 2.96. The summed E-state index contributed by atoms with van der Waals surface area (Å²) < 4.78 is 0. The Hall–Kier alpha value is -1.12. The minimum Gasteiger partial charge on any atom is -0.316 e. The van der Waals surface area contributed by atoms with E-state index in [0.717, 1.165) is 6.54 Å². The Bertz CT molecular complexity index is 392. The van der Waals surface area contributed by atoms with Gasteiger partial charge in [-0.3, -0.25) is 0 Å². The molecule has 0 saturated heterocycles. The summed E-state index contributed by atoms with van der Waals surface area (Å²) in [6.07, 6.45) is 0. The number of hydrogen-bond acceptors (Lipinski definition) is 2. The van der Waals surface area contributed by atoms with Gasteiger partial charge in [0, 0.05) is 6.54 Å². The molecule has 0 atom stereocenters. The average Bonchev–Trinajstić information content (AvgIpc) is 2.72. The molecule has 0 radical (unpaired) electrons. The van der Waals surface area contributed by atoms with E-state index in [1.807, 2.05) is 7.05 Å². The van der Waals surface area contributed by atoms with Gasteiger partial charge < -0.3 is 5.32 Å². The summed E-state index contributed by atoms with van der Waals surface area (Å²) in [5, 5.41) is 7.50. The summed E-state index contributed by atoms with van der Waals surface area (Å²) in [7, 11) is 1.98. The normalized spacial score (nSPS) is 10.4. The second-order valence-electron chi connectivity index (χ2n) is 3.20. The topological polar surface area (TPSA) is 12.0 Å². The molecule has 0 aliphatic carbocycles. The van der Waals surface area contributed by atoms with Crippen molar-refractivity contribution in [1.29, 1.82) is 0 Å². The molecule has 1 aromatic heterocycles. The van der Waals surface area contributed by atoms with Crippen molar-refractivity contribution in [2.24, 2.45) is 0 Å². The van der Waals surface area contributed by atoms with Crippen molar-refractivity contribution in [3.05, 3.63) is 46.7 Å². The Morgan fingerprint density at radius 1 is 1.21 bits per heavy atom. The first kappa shape index (κ1) is 9.44. The van der Waals surface area contributed by atoms with Gasteiger partial charge in [0.25, 0.3) is 0 Å². The first-order valence-corrected chi connectivity index (χ1v) is 5.61. The minimum atomic E-state index is 0.923. The van der Waals surface area contributed by atoms with Crippen LogP contribution in [0.15, 0.2) is 41.1 Å². The van der Waals surface area contributed by atoms with Gasteiger partial charge in [-0.1, -0.05) is 24.3 Å². The third-order valence-corrected chi connectivity index (χ3v) is 2.90. The number of rotatable bonds is 3. The van der Waals surface area contributed by atoms with Crippen molar-refractivity contribution in [2.45, 2.75) is 6.54 Å². The zero-order valence-electron chi connectivity index (χ0n) is 8.16. The van der Waals surface area contributed by atoms with Gasteiger partial charge in [0.2, 0.25) is 0 Å². The molecule has 2 rings (SSSR count). The predicted molar refractivity (Wildman–Crippen MR) is 62.5 cm³/mol. The Morgan fingerprint density at radius 2 is 2.07 bits per heavy atom. The van der Waals surface area contributed by atoms with E-state index in [-0.39, 0.29) is 0 Å². The van der Waals surface area contributed by atoms with E-state index in [9.17, 15) is 0 Å². The van der Waals surface area contributed by atoms with Gasteiger partial charge in [-0.05, 0) is 40.6 Å². The molecular formula is C12H13NS. The summed E-state index contributed by atoms with van der Waals surface area (Å²) in [5.74, 6) is 0. The van der Waals surface area contributed by atoms with Crippen molar-refractivity contribution in [2.75, 3.05) is 7.05 Å². The largest absolute Gasteiger partial charge is 0.316 e. The summed E-state index contributed by atoms with van der Waals surface area (Å²) in [6, 6.07) is 10.7. The average molecular weight is 203 g/mol. The molecule has 2 heteroatoms. The van der Waals surface area contributed by atoms with Gasteiger partial charge in [0.05, 0.1) is 0 Å². The molecule has 1 nitrogen and oxygen atoms in total. The smallest absolute Gasteiger partial charge is 0.0208 e. The molecule has 0 aliphatic heterocycles. The molecule has 1 N–H and O–H groups in total. The van der Waals surface area contributed by atoms with Crippen LogP contribution >= 0.6 is 11.3 Å². The maximum absolute atomic E-state index is 3.19. The van der Waals surface area contributed by atoms with E-state index < -0.39 is 0 Å². The van der Waals surface area contributed by atoms with E-state index in [2.05, 4.69) is 46.4 Å². The number of hydrogen-bond donors (Lipinski definition) is 1. The van der Waals surface area contributed by atoms with Crippen LogP contribution in [0.1, 0.15) is 5.56 Å². The molecule has 0 saturated carbocycles. The van der Waals surface area contributed by atoms with Crippen molar-refractivity contribution in [1.82, 2.24) is 5.32 Å². The van der Waals surface area contributed by atoms with Crippen LogP contribution in [0.5, 0.6) is 0 Å². The lowest BCUT2D eigenvalue weighted by atomic mass is 10.0.